The lowest BCUT2D eigenvalue weighted by molar-refractivity contribution is -0.0128. The fourth-order valence-corrected chi connectivity index (χ4v) is 0.800. The Balaban J connectivity index is 3.43. The summed E-state index contributed by atoms with van der Waals surface area (Å²) in [6.07, 6.45) is -2.53. The van der Waals surface area contributed by atoms with E-state index < -0.39 is 19.1 Å². The van der Waals surface area contributed by atoms with E-state index in [2.05, 4.69) is 4.74 Å². The van der Waals surface area contributed by atoms with E-state index in [1.54, 1.807) is 0 Å². The highest BCUT2D eigenvalue weighted by atomic mass is 19.3. The Morgan fingerprint density at radius 3 is 2.23 bits per heavy atom. The summed E-state index contributed by atoms with van der Waals surface area (Å²) < 4.78 is 27.9. The molecule has 0 radical (unpaired) electrons. The van der Waals surface area contributed by atoms with Gasteiger partial charge in [0.15, 0.2) is 0 Å². The minimum atomic E-state index is -2.42. The Hall–Kier alpha value is -0.220. The molecular weight excluding hydrogens is 178 g/mol. The smallest absolute Gasteiger partial charge is 0.261 e. The molecule has 4 heteroatoms. The topological polar surface area (TPSA) is 29.5 Å². The first-order chi connectivity index (χ1) is 5.84. The second-order valence-corrected chi connectivity index (χ2v) is 4.14. The van der Waals surface area contributed by atoms with Gasteiger partial charge in [0, 0.05) is 6.61 Å². The van der Waals surface area contributed by atoms with Crippen LogP contribution in [0.15, 0.2) is 0 Å². The number of aliphatic hydroxyl groups is 1. The fraction of sp³-hybridized carbons (Fsp3) is 1.00. The van der Waals surface area contributed by atoms with Crippen molar-refractivity contribution >= 4 is 0 Å². The fourth-order valence-electron chi connectivity index (χ4n) is 0.800. The van der Waals surface area contributed by atoms with Crippen LogP contribution in [0.2, 0.25) is 0 Å². The minimum absolute atomic E-state index is 0.183. The molecule has 0 aliphatic carbocycles. The number of halogens is 2. The SMILES string of the molecule is CC(C)(C)C(O)CCOCC(F)F. The van der Waals surface area contributed by atoms with Crippen LogP contribution in [0.4, 0.5) is 8.78 Å². The van der Waals surface area contributed by atoms with E-state index in [1.165, 1.54) is 0 Å². The Labute approximate surface area is 77.9 Å². The van der Waals surface area contributed by atoms with E-state index in [9.17, 15) is 13.9 Å². The van der Waals surface area contributed by atoms with Crippen molar-refractivity contribution in [1.82, 2.24) is 0 Å². The van der Waals surface area contributed by atoms with Crippen LogP contribution in [-0.4, -0.2) is 30.8 Å². The van der Waals surface area contributed by atoms with Crippen molar-refractivity contribution in [1.29, 1.82) is 0 Å². The summed E-state index contributed by atoms with van der Waals surface area (Å²) in [4.78, 5) is 0. The summed E-state index contributed by atoms with van der Waals surface area (Å²) in [6.45, 7) is 5.32. The average molecular weight is 196 g/mol. The first-order valence-corrected chi connectivity index (χ1v) is 4.38. The maximum absolute atomic E-state index is 11.6. The van der Waals surface area contributed by atoms with Crippen molar-refractivity contribution in [2.75, 3.05) is 13.2 Å². The molecule has 0 saturated heterocycles. The predicted octanol–water partition coefficient (Wildman–Crippen LogP) is 2.07. The molecule has 1 unspecified atom stereocenters. The zero-order valence-electron chi connectivity index (χ0n) is 8.39. The van der Waals surface area contributed by atoms with Crippen molar-refractivity contribution in [3.63, 3.8) is 0 Å². The molecular formula is C9H18F2O2. The zero-order chi connectivity index (χ0) is 10.5. The van der Waals surface area contributed by atoms with Crippen molar-refractivity contribution in [3.05, 3.63) is 0 Å². The summed E-state index contributed by atoms with van der Waals surface area (Å²) in [5.41, 5.74) is -0.214. The van der Waals surface area contributed by atoms with Gasteiger partial charge in [-0.2, -0.15) is 0 Å². The van der Waals surface area contributed by atoms with E-state index >= 15 is 0 Å². The summed E-state index contributed by atoms with van der Waals surface area (Å²) in [7, 11) is 0. The monoisotopic (exact) mass is 196 g/mol. The highest BCUT2D eigenvalue weighted by Gasteiger charge is 2.21. The van der Waals surface area contributed by atoms with Gasteiger partial charge in [-0.1, -0.05) is 20.8 Å². The molecule has 0 saturated carbocycles. The number of aliphatic hydroxyl groups excluding tert-OH is 1. The second kappa shape index (κ2) is 5.50. The third-order valence-corrected chi connectivity index (χ3v) is 1.78. The zero-order valence-corrected chi connectivity index (χ0v) is 8.39. The highest BCUT2D eigenvalue weighted by Crippen LogP contribution is 2.21. The number of alkyl halides is 2. The molecule has 0 rings (SSSR count). The van der Waals surface area contributed by atoms with E-state index in [1.807, 2.05) is 20.8 Å². The van der Waals surface area contributed by atoms with E-state index in [-0.39, 0.29) is 12.0 Å². The van der Waals surface area contributed by atoms with Crippen LogP contribution in [0.1, 0.15) is 27.2 Å². The number of hydrogen-bond donors (Lipinski definition) is 1. The Bertz CT molecular complexity index is 132. The predicted molar refractivity (Wildman–Crippen MR) is 46.9 cm³/mol. The van der Waals surface area contributed by atoms with E-state index in [0.29, 0.717) is 6.42 Å². The Morgan fingerprint density at radius 1 is 1.31 bits per heavy atom. The van der Waals surface area contributed by atoms with Crippen LogP contribution in [0, 0.1) is 5.41 Å². The second-order valence-electron chi connectivity index (χ2n) is 4.14. The van der Waals surface area contributed by atoms with Crippen LogP contribution >= 0.6 is 0 Å². The molecule has 0 aromatic heterocycles. The average Bonchev–Trinajstić information content (AvgIpc) is 1.95. The molecule has 1 N–H and O–H groups in total. The minimum Gasteiger partial charge on any atom is -0.392 e. The van der Waals surface area contributed by atoms with Crippen molar-refractivity contribution < 1.29 is 18.6 Å². The molecule has 0 aromatic carbocycles. The van der Waals surface area contributed by atoms with Crippen molar-refractivity contribution in [3.8, 4) is 0 Å². The van der Waals surface area contributed by atoms with Gasteiger partial charge in [0.25, 0.3) is 6.43 Å². The molecule has 0 amide bonds. The van der Waals surface area contributed by atoms with Gasteiger partial charge < -0.3 is 9.84 Å². The van der Waals surface area contributed by atoms with Gasteiger partial charge in [0.2, 0.25) is 0 Å². The number of hydrogen-bond acceptors (Lipinski definition) is 2. The lowest BCUT2D eigenvalue weighted by atomic mass is 9.87. The lowest BCUT2D eigenvalue weighted by Crippen LogP contribution is -2.27. The van der Waals surface area contributed by atoms with Crippen LogP contribution in [0.3, 0.4) is 0 Å². The molecule has 2 nitrogen and oxygen atoms in total. The quantitative estimate of drug-likeness (QED) is 0.682. The first-order valence-electron chi connectivity index (χ1n) is 4.38. The molecule has 13 heavy (non-hydrogen) atoms. The van der Waals surface area contributed by atoms with Gasteiger partial charge in [-0.05, 0) is 11.8 Å². The van der Waals surface area contributed by atoms with Gasteiger partial charge in [0.1, 0.15) is 6.61 Å². The standard InChI is InChI=1S/C9H18F2O2/c1-9(2,3)7(12)4-5-13-6-8(10)11/h7-8,12H,4-6H2,1-3H3. The summed E-state index contributed by atoms with van der Waals surface area (Å²) in [5, 5.41) is 9.48. The molecule has 0 aliphatic rings. The maximum atomic E-state index is 11.6. The molecule has 0 heterocycles. The van der Waals surface area contributed by atoms with Crippen LogP contribution in [0.25, 0.3) is 0 Å². The highest BCUT2D eigenvalue weighted by molar-refractivity contribution is 4.71. The van der Waals surface area contributed by atoms with Gasteiger partial charge >= 0.3 is 0 Å². The van der Waals surface area contributed by atoms with E-state index in [4.69, 9.17) is 0 Å². The Kier molecular flexibility index (Phi) is 5.40. The van der Waals surface area contributed by atoms with Crippen molar-refractivity contribution in [2.24, 2.45) is 5.41 Å². The van der Waals surface area contributed by atoms with Gasteiger partial charge in [-0.15, -0.1) is 0 Å². The number of ether oxygens (including phenoxy) is 1. The normalized spacial score (nSPS) is 15.0. The third-order valence-electron chi connectivity index (χ3n) is 1.78. The molecule has 80 valence electrons. The maximum Gasteiger partial charge on any atom is 0.261 e. The third kappa shape index (κ3) is 6.90. The van der Waals surface area contributed by atoms with Gasteiger partial charge in [-0.3, -0.25) is 0 Å². The molecule has 0 aliphatic heterocycles. The summed E-state index contributed by atoms with van der Waals surface area (Å²) in [5.74, 6) is 0. The first kappa shape index (κ1) is 12.8. The lowest BCUT2D eigenvalue weighted by Gasteiger charge is -2.25. The molecule has 0 bridgehead atoms. The van der Waals surface area contributed by atoms with Gasteiger partial charge in [-0.25, -0.2) is 8.78 Å². The Morgan fingerprint density at radius 2 is 1.85 bits per heavy atom. The largest absolute Gasteiger partial charge is 0.392 e. The molecule has 0 spiro atoms. The van der Waals surface area contributed by atoms with Crippen molar-refractivity contribution in [2.45, 2.75) is 39.7 Å². The van der Waals surface area contributed by atoms with Gasteiger partial charge in [0.05, 0.1) is 6.10 Å². The van der Waals surface area contributed by atoms with Crippen LogP contribution < -0.4 is 0 Å². The van der Waals surface area contributed by atoms with E-state index in [0.717, 1.165) is 0 Å². The molecule has 0 aromatic rings. The summed E-state index contributed by atoms with van der Waals surface area (Å²) in [6, 6.07) is 0. The molecule has 1 atom stereocenters. The summed E-state index contributed by atoms with van der Waals surface area (Å²) >= 11 is 0. The van der Waals surface area contributed by atoms with Crippen LogP contribution in [-0.2, 0) is 4.74 Å². The van der Waals surface area contributed by atoms with Crippen LogP contribution in [0.5, 0.6) is 0 Å². The number of rotatable bonds is 5. The molecule has 0 fully saturated rings.